The predicted molar refractivity (Wildman–Crippen MR) is 78.1 cm³/mol. The Balaban J connectivity index is 2.58. The molecule has 1 N–H and O–H groups in total. The van der Waals surface area contributed by atoms with Crippen molar-refractivity contribution in [3.8, 4) is 0 Å². The van der Waals surface area contributed by atoms with E-state index in [-0.39, 0.29) is 19.1 Å². The number of hydrogen-bond donors (Lipinski definition) is 1. The lowest BCUT2D eigenvalue weighted by atomic mass is 10.1. The predicted octanol–water partition coefficient (Wildman–Crippen LogP) is 1.77. The lowest BCUT2D eigenvalue weighted by Gasteiger charge is -2.21. The molecule has 0 bridgehead atoms. The van der Waals surface area contributed by atoms with Crippen LogP contribution in [-0.4, -0.2) is 49.3 Å². The van der Waals surface area contributed by atoms with Gasteiger partial charge < -0.3 is 14.7 Å². The summed E-state index contributed by atoms with van der Waals surface area (Å²) in [6, 6.07) is 5.86. The van der Waals surface area contributed by atoms with Crippen molar-refractivity contribution in [2.75, 3.05) is 27.3 Å². The van der Waals surface area contributed by atoms with Gasteiger partial charge in [0.25, 0.3) is 0 Å². The Kier molecular flexibility index (Phi) is 6.48. The Bertz CT molecular complexity index is 437. The summed E-state index contributed by atoms with van der Waals surface area (Å²) >= 11 is 3.40. The standard InChI is InChI=1S/C14H20BrNO3/c1-10-6-12(15)5-4-11(10)7-14(18)16(2)8-13(17)9-19-3/h4-6,13,17H,7-9H2,1-3H3. The summed E-state index contributed by atoms with van der Waals surface area (Å²) in [6.07, 6.45) is -0.306. The number of amides is 1. The van der Waals surface area contributed by atoms with E-state index in [0.717, 1.165) is 15.6 Å². The molecule has 0 spiro atoms. The molecule has 1 amide bonds. The van der Waals surface area contributed by atoms with E-state index in [1.807, 2.05) is 25.1 Å². The van der Waals surface area contributed by atoms with Crippen molar-refractivity contribution in [1.82, 2.24) is 4.90 Å². The Labute approximate surface area is 122 Å². The van der Waals surface area contributed by atoms with E-state index in [2.05, 4.69) is 15.9 Å². The first kappa shape index (κ1) is 16.1. The minimum Gasteiger partial charge on any atom is -0.389 e. The van der Waals surface area contributed by atoms with Gasteiger partial charge in [0, 0.05) is 25.2 Å². The van der Waals surface area contributed by atoms with E-state index < -0.39 is 6.10 Å². The van der Waals surface area contributed by atoms with E-state index in [0.29, 0.717) is 6.42 Å². The average molecular weight is 330 g/mol. The summed E-state index contributed by atoms with van der Waals surface area (Å²) < 4.78 is 5.85. The molecule has 1 aromatic rings. The highest BCUT2D eigenvalue weighted by atomic mass is 79.9. The summed E-state index contributed by atoms with van der Waals surface area (Å²) in [7, 11) is 3.21. The van der Waals surface area contributed by atoms with Crippen molar-refractivity contribution in [1.29, 1.82) is 0 Å². The van der Waals surface area contributed by atoms with Crippen molar-refractivity contribution in [2.24, 2.45) is 0 Å². The fourth-order valence-corrected chi connectivity index (χ4v) is 2.29. The molecule has 0 saturated carbocycles. The number of methoxy groups -OCH3 is 1. The number of halogens is 1. The van der Waals surface area contributed by atoms with Crippen molar-refractivity contribution >= 4 is 21.8 Å². The molecule has 1 atom stereocenters. The zero-order valence-electron chi connectivity index (χ0n) is 11.5. The Morgan fingerprint density at radius 1 is 1.53 bits per heavy atom. The number of likely N-dealkylation sites (N-methyl/N-ethyl adjacent to an activating group) is 1. The van der Waals surface area contributed by atoms with Crippen molar-refractivity contribution < 1.29 is 14.6 Å². The largest absolute Gasteiger partial charge is 0.389 e. The number of rotatable bonds is 6. The van der Waals surface area contributed by atoms with E-state index in [1.54, 1.807) is 7.05 Å². The highest BCUT2D eigenvalue weighted by Gasteiger charge is 2.14. The first-order chi connectivity index (χ1) is 8.93. The smallest absolute Gasteiger partial charge is 0.226 e. The second kappa shape index (κ2) is 7.62. The fraction of sp³-hybridized carbons (Fsp3) is 0.500. The van der Waals surface area contributed by atoms with E-state index in [1.165, 1.54) is 12.0 Å². The van der Waals surface area contributed by atoms with Crippen LogP contribution in [0.2, 0.25) is 0 Å². The topological polar surface area (TPSA) is 49.8 Å². The average Bonchev–Trinajstić information content (AvgIpc) is 2.32. The number of carbonyl (C=O) groups excluding carboxylic acids is 1. The number of hydrogen-bond acceptors (Lipinski definition) is 3. The van der Waals surface area contributed by atoms with Gasteiger partial charge in [-0.25, -0.2) is 0 Å². The monoisotopic (exact) mass is 329 g/mol. The number of benzene rings is 1. The van der Waals surface area contributed by atoms with Crippen LogP contribution in [0.4, 0.5) is 0 Å². The van der Waals surface area contributed by atoms with Gasteiger partial charge in [-0.05, 0) is 30.2 Å². The Morgan fingerprint density at radius 3 is 2.79 bits per heavy atom. The summed E-state index contributed by atoms with van der Waals surface area (Å²) in [5.41, 5.74) is 2.08. The van der Waals surface area contributed by atoms with Crippen LogP contribution in [-0.2, 0) is 16.0 Å². The molecule has 5 heteroatoms. The van der Waals surface area contributed by atoms with Crippen LogP contribution in [0.1, 0.15) is 11.1 Å². The van der Waals surface area contributed by atoms with E-state index >= 15 is 0 Å². The molecule has 1 unspecified atom stereocenters. The first-order valence-corrected chi connectivity index (χ1v) is 6.89. The quantitative estimate of drug-likeness (QED) is 0.865. The molecule has 0 radical (unpaired) electrons. The normalized spacial score (nSPS) is 12.3. The third-order valence-corrected chi connectivity index (χ3v) is 3.41. The molecule has 0 fully saturated rings. The maximum absolute atomic E-state index is 12.1. The van der Waals surface area contributed by atoms with Crippen LogP contribution < -0.4 is 0 Å². The number of ether oxygens (including phenoxy) is 1. The molecule has 0 aliphatic carbocycles. The van der Waals surface area contributed by atoms with Crippen molar-refractivity contribution in [3.63, 3.8) is 0 Å². The number of nitrogens with zero attached hydrogens (tertiary/aromatic N) is 1. The summed E-state index contributed by atoms with van der Waals surface area (Å²) in [5.74, 6) is -0.0134. The minimum absolute atomic E-state index is 0.0134. The van der Waals surface area contributed by atoms with Gasteiger partial charge in [0.1, 0.15) is 0 Å². The van der Waals surface area contributed by atoms with Gasteiger partial charge in [0.15, 0.2) is 0 Å². The highest BCUT2D eigenvalue weighted by molar-refractivity contribution is 9.10. The van der Waals surface area contributed by atoms with Gasteiger partial charge >= 0.3 is 0 Å². The number of aliphatic hydroxyl groups excluding tert-OH is 1. The van der Waals surface area contributed by atoms with Gasteiger partial charge in [-0.1, -0.05) is 22.0 Å². The zero-order valence-corrected chi connectivity index (χ0v) is 13.1. The maximum atomic E-state index is 12.1. The second-order valence-electron chi connectivity index (χ2n) is 4.63. The van der Waals surface area contributed by atoms with Gasteiger partial charge in [-0.2, -0.15) is 0 Å². The van der Waals surface area contributed by atoms with Gasteiger partial charge in [-0.15, -0.1) is 0 Å². The van der Waals surface area contributed by atoms with Gasteiger partial charge in [0.05, 0.1) is 19.1 Å². The number of aryl methyl sites for hydroxylation is 1. The third kappa shape index (κ3) is 5.30. The van der Waals surface area contributed by atoms with E-state index in [4.69, 9.17) is 4.74 Å². The summed E-state index contributed by atoms with van der Waals surface area (Å²) in [4.78, 5) is 13.6. The summed E-state index contributed by atoms with van der Waals surface area (Å²) in [6.45, 7) is 2.49. The van der Waals surface area contributed by atoms with Crippen molar-refractivity contribution in [3.05, 3.63) is 33.8 Å². The molecular weight excluding hydrogens is 310 g/mol. The molecule has 0 aromatic heterocycles. The molecule has 0 heterocycles. The molecule has 106 valence electrons. The molecular formula is C14H20BrNO3. The molecule has 4 nitrogen and oxygen atoms in total. The summed E-state index contributed by atoms with van der Waals surface area (Å²) in [5, 5.41) is 9.60. The zero-order chi connectivity index (χ0) is 14.4. The molecule has 1 aromatic carbocycles. The third-order valence-electron chi connectivity index (χ3n) is 2.92. The van der Waals surface area contributed by atoms with Crippen LogP contribution in [0.5, 0.6) is 0 Å². The Morgan fingerprint density at radius 2 is 2.21 bits per heavy atom. The first-order valence-electron chi connectivity index (χ1n) is 6.10. The lowest BCUT2D eigenvalue weighted by molar-refractivity contribution is -0.130. The van der Waals surface area contributed by atoms with Crippen LogP contribution in [0.3, 0.4) is 0 Å². The lowest BCUT2D eigenvalue weighted by Crippen LogP contribution is -2.37. The molecule has 0 aliphatic rings. The van der Waals surface area contributed by atoms with Crippen LogP contribution >= 0.6 is 15.9 Å². The molecule has 19 heavy (non-hydrogen) atoms. The van der Waals surface area contributed by atoms with Gasteiger partial charge in [-0.3, -0.25) is 4.79 Å². The van der Waals surface area contributed by atoms with Crippen molar-refractivity contribution in [2.45, 2.75) is 19.4 Å². The number of carbonyl (C=O) groups is 1. The second-order valence-corrected chi connectivity index (χ2v) is 5.55. The van der Waals surface area contributed by atoms with Crippen LogP contribution in [0.15, 0.2) is 22.7 Å². The maximum Gasteiger partial charge on any atom is 0.226 e. The minimum atomic E-state index is -0.648. The van der Waals surface area contributed by atoms with Crippen LogP contribution in [0.25, 0.3) is 0 Å². The molecule has 1 rings (SSSR count). The Hall–Kier alpha value is -0.910. The SMILES string of the molecule is COCC(O)CN(C)C(=O)Cc1ccc(Br)cc1C. The van der Waals surface area contributed by atoms with Gasteiger partial charge in [0.2, 0.25) is 5.91 Å². The molecule has 0 saturated heterocycles. The fourth-order valence-electron chi connectivity index (χ4n) is 1.82. The van der Waals surface area contributed by atoms with Crippen LogP contribution in [0, 0.1) is 6.92 Å². The van der Waals surface area contributed by atoms with E-state index in [9.17, 15) is 9.90 Å². The highest BCUT2D eigenvalue weighted by Crippen LogP contribution is 2.16. The molecule has 0 aliphatic heterocycles. The number of aliphatic hydroxyl groups is 1.